The minimum atomic E-state index is 0.235. The van der Waals surface area contributed by atoms with Crippen molar-refractivity contribution >= 4 is 5.91 Å². The van der Waals surface area contributed by atoms with Crippen molar-refractivity contribution in [1.29, 1.82) is 0 Å². The van der Waals surface area contributed by atoms with Gasteiger partial charge in [-0.05, 0) is 25.2 Å². The summed E-state index contributed by atoms with van der Waals surface area (Å²) in [6.07, 6.45) is 4.17. The molecule has 0 aromatic rings. The molecule has 1 N–H and O–H groups in total. The summed E-state index contributed by atoms with van der Waals surface area (Å²) >= 11 is 0. The van der Waals surface area contributed by atoms with Gasteiger partial charge in [-0.2, -0.15) is 0 Å². The summed E-state index contributed by atoms with van der Waals surface area (Å²) in [4.78, 5) is 10.8. The summed E-state index contributed by atoms with van der Waals surface area (Å²) in [6.45, 7) is 4.44. The second kappa shape index (κ2) is 3.74. The van der Waals surface area contributed by atoms with Crippen LogP contribution in [0.15, 0.2) is 0 Å². The van der Waals surface area contributed by atoms with Crippen molar-refractivity contribution in [2.75, 3.05) is 0 Å². The summed E-state index contributed by atoms with van der Waals surface area (Å²) < 4.78 is 0. The van der Waals surface area contributed by atoms with E-state index in [0.717, 1.165) is 25.2 Å². The molecular formula is C9H17NO. The number of nitrogens with one attached hydrogen (secondary N) is 1. The number of carbonyl (C=O) groups excluding carboxylic acids is 1. The predicted molar refractivity (Wildman–Crippen MR) is 45.2 cm³/mol. The zero-order chi connectivity index (χ0) is 8.27. The first-order chi connectivity index (χ1) is 5.18. The lowest BCUT2D eigenvalue weighted by Crippen LogP contribution is -2.25. The largest absolute Gasteiger partial charge is 0.353 e. The third-order valence-electron chi connectivity index (χ3n) is 2.18. The van der Waals surface area contributed by atoms with Gasteiger partial charge >= 0.3 is 0 Å². The number of hydrogen-bond acceptors (Lipinski definition) is 1. The van der Waals surface area contributed by atoms with E-state index in [1.165, 1.54) is 6.42 Å². The van der Waals surface area contributed by atoms with Gasteiger partial charge in [-0.25, -0.2) is 0 Å². The average molecular weight is 155 g/mol. The Balaban J connectivity index is 2.13. The Morgan fingerprint density at radius 3 is 2.82 bits per heavy atom. The molecule has 2 heteroatoms. The van der Waals surface area contributed by atoms with E-state index in [1.54, 1.807) is 0 Å². The van der Waals surface area contributed by atoms with Gasteiger partial charge in [0.25, 0.3) is 0 Å². The average Bonchev–Trinajstić information content (AvgIpc) is 2.31. The fourth-order valence-electron chi connectivity index (χ4n) is 1.43. The predicted octanol–water partition coefficient (Wildman–Crippen LogP) is 1.70. The molecule has 1 atom stereocenters. The second-order valence-electron chi connectivity index (χ2n) is 3.77. The lowest BCUT2D eigenvalue weighted by atomic mass is 10.0. The SMILES string of the molecule is CC(C)CC[C@H]1CCC(=O)N1. The standard InChI is InChI=1S/C9H17NO/c1-7(2)3-4-8-5-6-9(11)10-8/h7-8H,3-6H2,1-2H3,(H,10,11)/t8-/m0/s1. The first-order valence-electron chi connectivity index (χ1n) is 4.48. The van der Waals surface area contributed by atoms with E-state index in [1.807, 2.05) is 0 Å². The molecule has 1 saturated heterocycles. The lowest BCUT2D eigenvalue weighted by molar-refractivity contribution is -0.119. The first kappa shape index (κ1) is 8.57. The molecule has 0 bridgehead atoms. The molecule has 1 amide bonds. The van der Waals surface area contributed by atoms with E-state index in [0.29, 0.717) is 6.04 Å². The van der Waals surface area contributed by atoms with Gasteiger partial charge in [0.05, 0.1) is 0 Å². The van der Waals surface area contributed by atoms with Crippen molar-refractivity contribution in [3.63, 3.8) is 0 Å². The van der Waals surface area contributed by atoms with E-state index < -0.39 is 0 Å². The van der Waals surface area contributed by atoms with Crippen LogP contribution in [0, 0.1) is 5.92 Å². The Morgan fingerprint density at radius 1 is 1.64 bits per heavy atom. The molecule has 11 heavy (non-hydrogen) atoms. The van der Waals surface area contributed by atoms with Crippen LogP contribution in [-0.2, 0) is 4.79 Å². The van der Waals surface area contributed by atoms with Gasteiger partial charge in [-0.15, -0.1) is 0 Å². The summed E-state index contributed by atoms with van der Waals surface area (Å²) in [7, 11) is 0. The monoisotopic (exact) mass is 155 g/mol. The fraction of sp³-hybridized carbons (Fsp3) is 0.889. The van der Waals surface area contributed by atoms with Crippen molar-refractivity contribution in [3.05, 3.63) is 0 Å². The van der Waals surface area contributed by atoms with Gasteiger partial charge in [0.15, 0.2) is 0 Å². The topological polar surface area (TPSA) is 29.1 Å². The minimum Gasteiger partial charge on any atom is -0.353 e. The van der Waals surface area contributed by atoms with Crippen molar-refractivity contribution in [3.8, 4) is 0 Å². The number of carbonyl (C=O) groups is 1. The Hall–Kier alpha value is -0.530. The highest BCUT2D eigenvalue weighted by atomic mass is 16.1. The van der Waals surface area contributed by atoms with Gasteiger partial charge in [0.1, 0.15) is 0 Å². The normalized spacial score (nSPS) is 24.3. The van der Waals surface area contributed by atoms with E-state index >= 15 is 0 Å². The Morgan fingerprint density at radius 2 is 2.36 bits per heavy atom. The third-order valence-corrected chi connectivity index (χ3v) is 2.18. The molecule has 0 aromatic heterocycles. The molecule has 1 fully saturated rings. The third kappa shape index (κ3) is 2.91. The number of hydrogen-bond donors (Lipinski definition) is 1. The highest BCUT2D eigenvalue weighted by molar-refractivity contribution is 5.78. The molecule has 0 aromatic carbocycles. The van der Waals surface area contributed by atoms with Crippen LogP contribution in [0.2, 0.25) is 0 Å². The van der Waals surface area contributed by atoms with Crippen LogP contribution in [0.5, 0.6) is 0 Å². The summed E-state index contributed by atoms with van der Waals surface area (Å²) in [6, 6.07) is 0.477. The molecule has 64 valence electrons. The molecule has 0 unspecified atom stereocenters. The van der Waals surface area contributed by atoms with Crippen LogP contribution in [0.25, 0.3) is 0 Å². The maximum atomic E-state index is 10.8. The molecular weight excluding hydrogens is 138 g/mol. The molecule has 0 aliphatic carbocycles. The Labute approximate surface area is 68.4 Å². The van der Waals surface area contributed by atoms with Crippen LogP contribution in [0.1, 0.15) is 39.5 Å². The highest BCUT2D eigenvalue weighted by Crippen LogP contribution is 2.14. The summed E-state index contributed by atoms with van der Waals surface area (Å²) in [5, 5.41) is 2.97. The molecule has 1 aliphatic heterocycles. The van der Waals surface area contributed by atoms with Crippen LogP contribution in [-0.4, -0.2) is 11.9 Å². The quantitative estimate of drug-likeness (QED) is 0.660. The van der Waals surface area contributed by atoms with Crippen molar-refractivity contribution in [2.45, 2.75) is 45.6 Å². The zero-order valence-corrected chi connectivity index (χ0v) is 7.39. The lowest BCUT2D eigenvalue weighted by Gasteiger charge is -2.10. The van der Waals surface area contributed by atoms with E-state index in [2.05, 4.69) is 19.2 Å². The summed E-state index contributed by atoms with van der Waals surface area (Å²) in [5.74, 6) is 0.992. The van der Waals surface area contributed by atoms with Crippen LogP contribution in [0.4, 0.5) is 0 Å². The molecule has 0 spiro atoms. The highest BCUT2D eigenvalue weighted by Gasteiger charge is 2.19. The molecule has 1 rings (SSSR count). The first-order valence-corrected chi connectivity index (χ1v) is 4.48. The number of amides is 1. The maximum Gasteiger partial charge on any atom is 0.220 e. The molecule has 1 aliphatic rings. The van der Waals surface area contributed by atoms with Crippen LogP contribution >= 0.6 is 0 Å². The smallest absolute Gasteiger partial charge is 0.220 e. The molecule has 0 saturated carbocycles. The minimum absolute atomic E-state index is 0.235. The van der Waals surface area contributed by atoms with E-state index in [9.17, 15) is 4.79 Å². The second-order valence-corrected chi connectivity index (χ2v) is 3.77. The molecule has 0 radical (unpaired) electrons. The Bertz CT molecular complexity index is 142. The van der Waals surface area contributed by atoms with Gasteiger partial charge in [-0.3, -0.25) is 4.79 Å². The van der Waals surface area contributed by atoms with E-state index in [4.69, 9.17) is 0 Å². The van der Waals surface area contributed by atoms with Gasteiger partial charge in [0.2, 0.25) is 5.91 Å². The van der Waals surface area contributed by atoms with Crippen molar-refractivity contribution in [2.24, 2.45) is 5.92 Å². The fourth-order valence-corrected chi connectivity index (χ4v) is 1.43. The van der Waals surface area contributed by atoms with Crippen molar-refractivity contribution in [1.82, 2.24) is 5.32 Å². The van der Waals surface area contributed by atoms with Gasteiger partial charge < -0.3 is 5.32 Å². The number of rotatable bonds is 3. The Kier molecular flexibility index (Phi) is 2.92. The van der Waals surface area contributed by atoms with Gasteiger partial charge in [-0.1, -0.05) is 13.8 Å². The van der Waals surface area contributed by atoms with Crippen molar-refractivity contribution < 1.29 is 4.79 Å². The van der Waals surface area contributed by atoms with Gasteiger partial charge in [0, 0.05) is 12.5 Å². The zero-order valence-electron chi connectivity index (χ0n) is 7.39. The molecule has 2 nitrogen and oxygen atoms in total. The van der Waals surface area contributed by atoms with E-state index in [-0.39, 0.29) is 5.91 Å². The summed E-state index contributed by atoms with van der Waals surface area (Å²) in [5.41, 5.74) is 0. The van der Waals surface area contributed by atoms with Crippen LogP contribution < -0.4 is 5.32 Å². The molecule has 1 heterocycles. The maximum absolute atomic E-state index is 10.8. The van der Waals surface area contributed by atoms with Crippen LogP contribution in [0.3, 0.4) is 0 Å².